The average molecular weight is 405 g/mol. The third kappa shape index (κ3) is 5.64. The molecule has 2 aromatic carbocycles. The van der Waals surface area contributed by atoms with Gasteiger partial charge in [-0.25, -0.2) is 8.78 Å². The number of benzene rings is 2. The fraction of sp³-hybridized carbons (Fsp3) is 0.300. The molecule has 0 saturated heterocycles. The lowest BCUT2D eigenvalue weighted by Crippen LogP contribution is -2.40. The highest BCUT2D eigenvalue weighted by Gasteiger charge is 2.16. The van der Waals surface area contributed by atoms with Crippen molar-refractivity contribution in [3.63, 3.8) is 0 Å². The molecule has 2 N–H and O–H groups in total. The molecular weight excluding hydrogens is 384 g/mol. The van der Waals surface area contributed by atoms with E-state index in [0.717, 1.165) is 17.7 Å². The van der Waals surface area contributed by atoms with Gasteiger partial charge in [-0.1, -0.05) is 13.0 Å². The molecule has 154 valence electrons. The Kier molecular flexibility index (Phi) is 6.61. The van der Waals surface area contributed by atoms with Crippen LogP contribution in [0.4, 0.5) is 14.5 Å². The number of hydrogen-bond donors (Lipinski definition) is 2. The largest absolute Gasteiger partial charge is 0.454 e. The van der Waals surface area contributed by atoms with E-state index in [0.29, 0.717) is 24.6 Å². The SMILES string of the molecule is CCN(CC(=O)NCC(=O)Nc1ccc(F)c(F)c1)Cc1ccc2c(c1)OCO2. The number of nitrogens with zero attached hydrogens (tertiary/aromatic N) is 1. The van der Waals surface area contributed by atoms with Gasteiger partial charge in [-0.15, -0.1) is 0 Å². The molecule has 2 amide bonds. The Morgan fingerprint density at radius 1 is 1.03 bits per heavy atom. The molecule has 29 heavy (non-hydrogen) atoms. The summed E-state index contributed by atoms with van der Waals surface area (Å²) in [6.07, 6.45) is 0. The third-order valence-corrected chi connectivity index (χ3v) is 4.31. The van der Waals surface area contributed by atoms with Crippen LogP contribution in [0, 0.1) is 11.6 Å². The van der Waals surface area contributed by atoms with Gasteiger partial charge < -0.3 is 20.1 Å². The summed E-state index contributed by atoms with van der Waals surface area (Å²) in [6.45, 7) is 3.11. The number of likely N-dealkylation sites (N-methyl/N-ethyl adjacent to an activating group) is 1. The Hall–Kier alpha value is -3.20. The van der Waals surface area contributed by atoms with Crippen molar-refractivity contribution in [3.05, 3.63) is 53.6 Å². The van der Waals surface area contributed by atoms with Crippen LogP contribution in [0.25, 0.3) is 0 Å². The zero-order chi connectivity index (χ0) is 20.8. The van der Waals surface area contributed by atoms with Crippen LogP contribution in [-0.2, 0) is 16.1 Å². The number of carbonyl (C=O) groups excluding carboxylic acids is 2. The van der Waals surface area contributed by atoms with E-state index >= 15 is 0 Å². The number of hydrogen-bond acceptors (Lipinski definition) is 5. The molecule has 0 bridgehead atoms. The molecule has 0 atom stereocenters. The molecule has 0 spiro atoms. The van der Waals surface area contributed by atoms with E-state index in [1.807, 2.05) is 30.0 Å². The Bertz CT molecular complexity index is 907. The van der Waals surface area contributed by atoms with Gasteiger partial charge in [-0.2, -0.15) is 0 Å². The van der Waals surface area contributed by atoms with E-state index in [9.17, 15) is 18.4 Å². The van der Waals surface area contributed by atoms with E-state index in [4.69, 9.17) is 9.47 Å². The molecule has 0 radical (unpaired) electrons. The van der Waals surface area contributed by atoms with Crippen LogP contribution in [0.1, 0.15) is 12.5 Å². The number of amides is 2. The summed E-state index contributed by atoms with van der Waals surface area (Å²) in [5.74, 6) is -1.55. The second kappa shape index (κ2) is 9.33. The molecule has 1 aliphatic heterocycles. The summed E-state index contributed by atoms with van der Waals surface area (Å²) < 4.78 is 36.7. The van der Waals surface area contributed by atoms with Gasteiger partial charge in [0.1, 0.15) is 0 Å². The second-order valence-electron chi connectivity index (χ2n) is 6.44. The fourth-order valence-electron chi connectivity index (χ4n) is 2.79. The van der Waals surface area contributed by atoms with Gasteiger partial charge in [0.25, 0.3) is 0 Å². The van der Waals surface area contributed by atoms with Crippen LogP contribution in [-0.4, -0.2) is 43.1 Å². The van der Waals surface area contributed by atoms with Gasteiger partial charge in [0, 0.05) is 18.3 Å². The predicted octanol–water partition coefficient (Wildman–Crippen LogP) is 2.27. The first-order valence-electron chi connectivity index (χ1n) is 9.07. The lowest BCUT2D eigenvalue weighted by molar-refractivity contribution is -0.125. The summed E-state index contributed by atoms with van der Waals surface area (Å²) in [7, 11) is 0. The number of fused-ring (bicyclic) bond motifs is 1. The van der Waals surface area contributed by atoms with Crippen molar-refractivity contribution in [3.8, 4) is 11.5 Å². The fourth-order valence-corrected chi connectivity index (χ4v) is 2.79. The first kappa shape index (κ1) is 20.5. The van der Waals surface area contributed by atoms with E-state index in [-0.39, 0.29) is 31.5 Å². The second-order valence-corrected chi connectivity index (χ2v) is 6.44. The number of carbonyl (C=O) groups is 2. The van der Waals surface area contributed by atoms with Crippen LogP contribution in [0.3, 0.4) is 0 Å². The topological polar surface area (TPSA) is 79.9 Å². The third-order valence-electron chi connectivity index (χ3n) is 4.31. The first-order valence-corrected chi connectivity index (χ1v) is 9.07. The molecule has 0 saturated carbocycles. The minimum Gasteiger partial charge on any atom is -0.454 e. The van der Waals surface area contributed by atoms with Gasteiger partial charge in [-0.3, -0.25) is 14.5 Å². The highest BCUT2D eigenvalue weighted by molar-refractivity contribution is 5.94. The van der Waals surface area contributed by atoms with Crippen molar-refractivity contribution in [2.45, 2.75) is 13.5 Å². The van der Waals surface area contributed by atoms with E-state index in [1.165, 1.54) is 6.07 Å². The lowest BCUT2D eigenvalue weighted by Gasteiger charge is -2.20. The van der Waals surface area contributed by atoms with Gasteiger partial charge in [-0.05, 0) is 36.4 Å². The number of anilines is 1. The van der Waals surface area contributed by atoms with Crippen LogP contribution in [0.5, 0.6) is 11.5 Å². The van der Waals surface area contributed by atoms with E-state index in [2.05, 4.69) is 10.6 Å². The number of rotatable bonds is 8. The smallest absolute Gasteiger partial charge is 0.243 e. The Morgan fingerprint density at radius 3 is 2.59 bits per heavy atom. The molecule has 1 heterocycles. The highest BCUT2D eigenvalue weighted by atomic mass is 19.2. The van der Waals surface area contributed by atoms with Crippen molar-refractivity contribution in [1.82, 2.24) is 10.2 Å². The lowest BCUT2D eigenvalue weighted by atomic mass is 10.2. The van der Waals surface area contributed by atoms with Crippen LogP contribution >= 0.6 is 0 Å². The number of halogens is 2. The molecule has 2 aromatic rings. The van der Waals surface area contributed by atoms with Crippen LogP contribution in [0.15, 0.2) is 36.4 Å². The predicted molar refractivity (Wildman–Crippen MR) is 102 cm³/mol. The van der Waals surface area contributed by atoms with Gasteiger partial charge in [0.15, 0.2) is 23.1 Å². The Labute approximate surface area is 166 Å². The van der Waals surface area contributed by atoms with Crippen molar-refractivity contribution in [1.29, 1.82) is 0 Å². The summed E-state index contributed by atoms with van der Waals surface area (Å²) in [5.41, 5.74) is 1.08. The quantitative estimate of drug-likeness (QED) is 0.704. The van der Waals surface area contributed by atoms with Crippen molar-refractivity contribution in [2.24, 2.45) is 0 Å². The van der Waals surface area contributed by atoms with Gasteiger partial charge in [0.05, 0.1) is 13.1 Å². The maximum atomic E-state index is 13.2. The molecule has 0 fully saturated rings. The number of ether oxygens (including phenoxy) is 2. The van der Waals surface area contributed by atoms with Crippen LogP contribution < -0.4 is 20.1 Å². The molecule has 0 unspecified atom stereocenters. The van der Waals surface area contributed by atoms with Crippen molar-refractivity contribution >= 4 is 17.5 Å². The molecule has 7 nitrogen and oxygen atoms in total. The van der Waals surface area contributed by atoms with Crippen LogP contribution in [0.2, 0.25) is 0 Å². The monoisotopic (exact) mass is 405 g/mol. The number of nitrogens with one attached hydrogen (secondary N) is 2. The zero-order valence-corrected chi connectivity index (χ0v) is 15.8. The standard InChI is InChI=1S/C20H21F2N3O4/c1-2-25(10-13-3-6-17-18(7-13)29-12-28-17)11-20(27)23-9-19(26)24-14-4-5-15(21)16(22)8-14/h3-8H,2,9-12H2,1H3,(H,23,27)(H,24,26). The Morgan fingerprint density at radius 2 is 1.83 bits per heavy atom. The molecule has 1 aliphatic rings. The normalized spacial score (nSPS) is 12.1. The molecule has 3 rings (SSSR count). The average Bonchev–Trinajstić information content (AvgIpc) is 3.16. The molecular formula is C20H21F2N3O4. The Balaban J connectivity index is 1.45. The van der Waals surface area contributed by atoms with Crippen molar-refractivity contribution in [2.75, 3.05) is 31.7 Å². The summed E-state index contributed by atoms with van der Waals surface area (Å²) >= 11 is 0. The minimum atomic E-state index is -1.06. The van der Waals surface area contributed by atoms with Gasteiger partial charge >= 0.3 is 0 Å². The van der Waals surface area contributed by atoms with E-state index in [1.54, 1.807) is 0 Å². The highest BCUT2D eigenvalue weighted by Crippen LogP contribution is 2.32. The van der Waals surface area contributed by atoms with Gasteiger partial charge in [0.2, 0.25) is 18.6 Å². The summed E-state index contributed by atoms with van der Waals surface area (Å²) in [6, 6.07) is 8.63. The maximum Gasteiger partial charge on any atom is 0.243 e. The summed E-state index contributed by atoms with van der Waals surface area (Å²) in [5, 5.41) is 4.91. The van der Waals surface area contributed by atoms with Crippen molar-refractivity contribution < 1.29 is 27.8 Å². The molecule has 9 heteroatoms. The summed E-state index contributed by atoms with van der Waals surface area (Å²) in [4.78, 5) is 25.9. The molecule has 0 aliphatic carbocycles. The maximum absolute atomic E-state index is 13.2. The first-order chi connectivity index (χ1) is 13.9. The van der Waals surface area contributed by atoms with E-state index < -0.39 is 17.5 Å². The zero-order valence-electron chi connectivity index (χ0n) is 15.8. The minimum absolute atomic E-state index is 0.101. The molecule has 0 aromatic heterocycles.